The molecule has 1 aliphatic heterocycles. The zero-order valence-electron chi connectivity index (χ0n) is 12.6. The standard InChI is InChI=1S/C15H23ClN4O/c1-11-10-19(2)7-8-20(11)6-5-15(21)18-14-4-3-12(17)9-13(14)16/h3-4,9,11H,5-8,10,17H2,1-2H3,(H,18,21). The van der Waals surface area contributed by atoms with Crippen molar-refractivity contribution in [2.45, 2.75) is 19.4 Å². The molecule has 2 rings (SSSR count). The smallest absolute Gasteiger partial charge is 0.225 e. The van der Waals surface area contributed by atoms with Gasteiger partial charge >= 0.3 is 0 Å². The Labute approximate surface area is 131 Å². The molecule has 1 aromatic rings. The molecule has 1 unspecified atom stereocenters. The summed E-state index contributed by atoms with van der Waals surface area (Å²) in [5.41, 5.74) is 6.83. The molecule has 1 amide bonds. The first kappa shape index (κ1) is 16.1. The highest BCUT2D eigenvalue weighted by atomic mass is 35.5. The van der Waals surface area contributed by atoms with Crippen molar-refractivity contribution in [1.29, 1.82) is 0 Å². The van der Waals surface area contributed by atoms with Crippen molar-refractivity contribution in [3.05, 3.63) is 23.2 Å². The molecule has 0 saturated carbocycles. The van der Waals surface area contributed by atoms with Crippen LogP contribution in [0.3, 0.4) is 0 Å². The number of likely N-dealkylation sites (N-methyl/N-ethyl adjacent to an activating group) is 1. The van der Waals surface area contributed by atoms with Crippen LogP contribution in [-0.2, 0) is 4.79 Å². The van der Waals surface area contributed by atoms with E-state index in [0.717, 1.165) is 26.2 Å². The number of hydrogen-bond donors (Lipinski definition) is 2. The molecule has 6 heteroatoms. The quantitative estimate of drug-likeness (QED) is 0.834. The highest BCUT2D eigenvalue weighted by molar-refractivity contribution is 6.34. The third-order valence-corrected chi connectivity index (χ3v) is 4.17. The predicted octanol–water partition coefficient (Wildman–Crippen LogP) is 1.89. The van der Waals surface area contributed by atoms with E-state index >= 15 is 0 Å². The van der Waals surface area contributed by atoms with Crippen molar-refractivity contribution in [3.63, 3.8) is 0 Å². The van der Waals surface area contributed by atoms with Crippen LogP contribution in [0.2, 0.25) is 5.02 Å². The van der Waals surface area contributed by atoms with E-state index in [9.17, 15) is 4.79 Å². The monoisotopic (exact) mass is 310 g/mol. The number of piperazine rings is 1. The van der Waals surface area contributed by atoms with Gasteiger partial charge in [0.1, 0.15) is 0 Å². The summed E-state index contributed by atoms with van der Waals surface area (Å²) in [6.45, 7) is 6.08. The first-order valence-corrected chi connectivity index (χ1v) is 7.61. The molecule has 5 nitrogen and oxygen atoms in total. The number of nitrogens with two attached hydrogens (primary N) is 1. The Morgan fingerprint density at radius 2 is 2.24 bits per heavy atom. The van der Waals surface area contributed by atoms with Crippen molar-refractivity contribution in [2.24, 2.45) is 0 Å². The molecule has 1 fully saturated rings. The van der Waals surface area contributed by atoms with Crippen molar-refractivity contribution >= 4 is 28.9 Å². The van der Waals surface area contributed by atoms with E-state index in [-0.39, 0.29) is 5.91 Å². The van der Waals surface area contributed by atoms with Crippen molar-refractivity contribution < 1.29 is 4.79 Å². The first-order chi connectivity index (χ1) is 9.95. The first-order valence-electron chi connectivity index (χ1n) is 7.23. The Morgan fingerprint density at radius 3 is 2.90 bits per heavy atom. The van der Waals surface area contributed by atoms with Gasteiger partial charge in [0, 0.05) is 44.3 Å². The molecule has 1 aliphatic rings. The molecule has 1 aromatic carbocycles. The molecule has 0 spiro atoms. The minimum absolute atomic E-state index is 0.0206. The summed E-state index contributed by atoms with van der Waals surface area (Å²) in [5.74, 6) is -0.0206. The Morgan fingerprint density at radius 1 is 1.48 bits per heavy atom. The molecule has 0 aromatic heterocycles. The Kier molecular flexibility index (Phi) is 5.45. The molecular weight excluding hydrogens is 288 g/mol. The molecule has 0 bridgehead atoms. The molecule has 1 heterocycles. The van der Waals surface area contributed by atoms with Gasteiger partial charge in [-0.15, -0.1) is 0 Å². The van der Waals surface area contributed by atoms with Crippen LogP contribution in [-0.4, -0.2) is 55.0 Å². The SMILES string of the molecule is CC1CN(C)CCN1CCC(=O)Nc1ccc(N)cc1Cl. The number of rotatable bonds is 4. The molecule has 1 atom stereocenters. The van der Waals surface area contributed by atoms with Gasteiger partial charge in [0.25, 0.3) is 0 Å². The molecule has 116 valence electrons. The summed E-state index contributed by atoms with van der Waals surface area (Å²) in [5, 5.41) is 3.31. The molecule has 1 saturated heterocycles. The highest BCUT2D eigenvalue weighted by Gasteiger charge is 2.21. The van der Waals surface area contributed by atoms with E-state index in [1.807, 2.05) is 0 Å². The molecule has 21 heavy (non-hydrogen) atoms. The largest absolute Gasteiger partial charge is 0.399 e. The minimum Gasteiger partial charge on any atom is -0.399 e. The number of carbonyl (C=O) groups excluding carboxylic acids is 1. The normalized spacial score (nSPS) is 20.4. The van der Waals surface area contributed by atoms with Gasteiger partial charge in [-0.25, -0.2) is 0 Å². The molecule has 3 N–H and O–H groups in total. The van der Waals surface area contributed by atoms with Gasteiger partial charge in [0.05, 0.1) is 10.7 Å². The topological polar surface area (TPSA) is 61.6 Å². The van der Waals surface area contributed by atoms with E-state index in [0.29, 0.717) is 28.9 Å². The lowest BCUT2D eigenvalue weighted by molar-refractivity contribution is -0.116. The Hall–Kier alpha value is -1.30. The van der Waals surface area contributed by atoms with Gasteiger partial charge in [-0.2, -0.15) is 0 Å². The number of nitrogens with one attached hydrogen (secondary N) is 1. The van der Waals surface area contributed by atoms with Crippen LogP contribution in [0.15, 0.2) is 18.2 Å². The number of hydrogen-bond acceptors (Lipinski definition) is 4. The number of nitrogen functional groups attached to an aromatic ring is 1. The third kappa shape index (κ3) is 4.59. The fourth-order valence-electron chi connectivity index (χ4n) is 2.60. The predicted molar refractivity (Wildman–Crippen MR) is 87.6 cm³/mol. The van der Waals surface area contributed by atoms with Crippen molar-refractivity contribution in [2.75, 3.05) is 44.3 Å². The summed E-state index contributed by atoms with van der Waals surface area (Å²) >= 11 is 6.05. The van der Waals surface area contributed by atoms with Gasteiger partial charge in [-0.3, -0.25) is 9.69 Å². The fraction of sp³-hybridized carbons (Fsp3) is 0.533. The van der Waals surface area contributed by atoms with Crippen LogP contribution in [0.4, 0.5) is 11.4 Å². The number of nitrogens with zero attached hydrogens (tertiary/aromatic N) is 2. The van der Waals surface area contributed by atoms with Gasteiger partial charge in [0.2, 0.25) is 5.91 Å². The Bertz CT molecular complexity index is 508. The molecule has 0 radical (unpaired) electrons. The van der Waals surface area contributed by atoms with E-state index in [1.165, 1.54) is 0 Å². The van der Waals surface area contributed by atoms with E-state index in [1.54, 1.807) is 18.2 Å². The summed E-state index contributed by atoms with van der Waals surface area (Å²) < 4.78 is 0. The van der Waals surface area contributed by atoms with E-state index < -0.39 is 0 Å². The summed E-state index contributed by atoms with van der Waals surface area (Å²) in [6, 6.07) is 5.58. The molecular formula is C15H23ClN4O. The van der Waals surface area contributed by atoms with Crippen LogP contribution >= 0.6 is 11.6 Å². The average Bonchev–Trinajstić information content (AvgIpc) is 2.41. The van der Waals surface area contributed by atoms with Crippen LogP contribution in [0.1, 0.15) is 13.3 Å². The van der Waals surface area contributed by atoms with Crippen LogP contribution in [0.5, 0.6) is 0 Å². The number of amides is 1. The summed E-state index contributed by atoms with van der Waals surface area (Å²) in [6.07, 6.45) is 0.467. The third-order valence-electron chi connectivity index (χ3n) is 3.86. The number of carbonyl (C=O) groups is 1. The lowest BCUT2D eigenvalue weighted by Crippen LogP contribution is -2.50. The zero-order valence-corrected chi connectivity index (χ0v) is 13.4. The van der Waals surface area contributed by atoms with Gasteiger partial charge in [0.15, 0.2) is 0 Å². The van der Waals surface area contributed by atoms with Crippen LogP contribution in [0, 0.1) is 0 Å². The number of benzene rings is 1. The van der Waals surface area contributed by atoms with Crippen LogP contribution in [0.25, 0.3) is 0 Å². The second-order valence-electron chi connectivity index (χ2n) is 5.68. The Balaban J connectivity index is 1.82. The fourth-order valence-corrected chi connectivity index (χ4v) is 2.84. The van der Waals surface area contributed by atoms with Gasteiger partial charge in [-0.1, -0.05) is 11.6 Å². The maximum atomic E-state index is 12.0. The minimum atomic E-state index is -0.0206. The lowest BCUT2D eigenvalue weighted by atomic mass is 10.2. The van der Waals surface area contributed by atoms with Crippen molar-refractivity contribution in [3.8, 4) is 0 Å². The van der Waals surface area contributed by atoms with Gasteiger partial charge in [-0.05, 0) is 32.2 Å². The number of halogens is 1. The molecule has 0 aliphatic carbocycles. The lowest BCUT2D eigenvalue weighted by Gasteiger charge is -2.38. The maximum Gasteiger partial charge on any atom is 0.225 e. The van der Waals surface area contributed by atoms with Gasteiger partial charge < -0.3 is 16.0 Å². The van der Waals surface area contributed by atoms with Crippen molar-refractivity contribution in [1.82, 2.24) is 9.80 Å². The van der Waals surface area contributed by atoms with E-state index in [2.05, 4.69) is 29.1 Å². The maximum absolute atomic E-state index is 12.0. The number of anilines is 2. The summed E-state index contributed by atoms with van der Waals surface area (Å²) in [4.78, 5) is 16.7. The highest BCUT2D eigenvalue weighted by Crippen LogP contribution is 2.24. The zero-order chi connectivity index (χ0) is 15.4. The average molecular weight is 311 g/mol. The summed E-state index contributed by atoms with van der Waals surface area (Å²) in [7, 11) is 2.13. The second kappa shape index (κ2) is 7.11. The second-order valence-corrected chi connectivity index (χ2v) is 6.09. The van der Waals surface area contributed by atoms with E-state index in [4.69, 9.17) is 17.3 Å². The van der Waals surface area contributed by atoms with Crippen LogP contribution < -0.4 is 11.1 Å².